The fraction of sp³-hybridized carbons (Fsp3) is 0.310. The zero-order valence-corrected chi connectivity index (χ0v) is 37.5. The van der Waals surface area contributed by atoms with Crippen molar-refractivity contribution in [3.05, 3.63) is 74.4 Å². The lowest BCUT2D eigenvalue weighted by molar-refractivity contribution is 0.294. The van der Waals surface area contributed by atoms with Crippen molar-refractivity contribution in [3.63, 3.8) is 0 Å². The Kier molecular flexibility index (Phi) is 12.8. The maximum Gasteiger partial charge on any atom is 0.142 e. The Morgan fingerprint density at radius 3 is 1.24 bits per heavy atom. The van der Waals surface area contributed by atoms with E-state index in [2.05, 4.69) is 210 Å². The average molecular weight is 1200 g/mol. The summed E-state index contributed by atoms with van der Waals surface area (Å²) in [7, 11) is 0. The van der Waals surface area contributed by atoms with E-state index in [4.69, 9.17) is 9.47 Å². The van der Waals surface area contributed by atoms with Crippen molar-refractivity contribution in [2.24, 2.45) is 0 Å². The van der Waals surface area contributed by atoms with Crippen molar-refractivity contribution >= 4 is 181 Å². The third-order valence-corrected chi connectivity index (χ3v) is 15.1. The minimum absolute atomic E-state index is 0.201. The van der Waals surface area contributed by atoms with Gasteiger partial charge in [-0.25, -0.2) is 0 Å². The van der Waals surface area contributed by atoms with Crippen LogP contribution in [0.15, 0.2) is 63.2 Å². The quantitative estimate of drug-likeness (QED) is 0.147. The Labute approximate surface area is 324 Å². The van der Waals surface area contributed by atoms with Crippen molar-refractivity contribution < 1.29 is 9.47 Å². The topological polar surface area (TPSA) is 18.5 Å². The van der Waals surface area contributed by atoms with Gasteiger partial charge in [-0.1, -0.05) is 140 Å². The van der Waals surface area contributed by atoms with E-state index < -0.39 is 0 Å². The van der Waals surface area contributed by atoms with Gasteiger partial charge in [-0.2, -0.15) is 0 Å². The molecule has 0 bridgehead atoms. The Bertz CT molecular complexity index is 1500. The van der Waals surface area contributed by atoms with Crippen molar-refractivity contribution in [3.8, 4) is 11.5 Å². The first-order valence-corrected chi connectivity index (χ1v) is 20.7. The number of ether oxygens (including phenoxy) is 2. The first kappa shape index (κ1) is 35.7. The van der Waals surface area contributed by atoms with Gasteiger partial charge in [-0.15, -0.1) is 0 Å². The van der Waals surface area contributed by atoms with Crippen LogP contribution in [0.1, 0.15) is 25.0 Å². The molecule has 4 rings (SSSR count). The molecule has 2 unspecified atom stereocenters. The minimum Gasteiger partial charge on any atom is -0.490 e. The van der Waals surface area contributed by atoms with Crippen LogP contribution in [0.3, 0.4) is 0 Å². The van der Waals surface area contributed by atoms with Gasteiger partial charge in [0.1, 0.15) is 24.7 Å². The molecule has 12 heteroatoms. The van der Waals surface area contributed by atoms with Crippen molar-refractivity contribution in [1.82, 2.24) is 0 Å². The molecule has 4 aromatic rings. The highest BCUT2D eigenvalue weighted by Gasteiger charge is 2.25. The number of benzene rings is 4. The van der Waals surface area contributed by atoms with Crippen molar-refractivity contribution in [2.45, 2.75) is 28.9 Å². The van der Waals surface area contributed by atoms with Crippen LogP contribution in [0.25, 0.3) is 21.5 Å². The fourth-order valence-electron chi connectivity index (χ4n) is 4.27. The summed E-state index contributed by atoms with van der Waals surface area (Å²) < 4.78 is 18.1. The number of halogens is 10. The monoisotopic (exact) mass is 1190 g/mol. The summed E-state index contributed by atoms with van der Waals surface area (Å²) in [4.78, 5) is 0. The number of hydrogen-bond donors (Lipinski definition) is 0. The summed E-state index contributed by atoms with van der Waals surface area (Å²) >= 11 is 37.5. The molecule has 41 heavy (non-hydrogen) atoms. The highest BCUT2D eigenvalue weighted by molar-refractivity contribution is 9.13. The number of hydrogen-bond acceptors (Lipinski definition) is 2. The second-order valence-corrected chi connectivity index (χ2v) is 20.2. The maximum atomic E-state index is 6.43. The number of alkyl halides is 4. The first-order valence-electron chi connectivity index (χ1n) is 12.1. The molecule has 2 atom stereocenters. The molecule has 220 valence electrons. The molecule has 0 spiro atoms. The highest BCUT2D eigenvalue weighted by Crippen LogP contribution is 2.47. The molecule has 0 saturated carbocycles. The Morgan fingerprint density at radius 2 is 0.902 bits per heavy atom. The van der Waals surface area contributed by atoms with Crippen LogP contribution in [0.2, 0.25) is 0 Å². The molecule has 4 aromatic carbocycles. The molecule has 0 amide bonds. The molecule has 0 N–H and O–H groups in total. The zero-order valence-electron chi connectivity index (χ0n) is 21.6. The van der Waals surface area contributed by atoms with E-state index in [1.165, 1.54) is 11.1 Å². The van der Waals surface area contributed by atoms with E-state index in [9.17, 15) is 0 Å². The van der Waals surface area contributed by atoms with E-state index in [-0.39, 0.29) is 8.65 Å². The zero-order chi connectivity index (χ0) is 30.3. The number of rotatable bonds is 10. The second-order valence-electron chi connectivity index (χ2n) is 10.1. The van der Waals surface area contributed by atoms with E-state index in [0.29, 0.717) is 19.6 Å². The molecule has 0 aliphatic rings. The van der Waals surface area contributed by atoms with E-state index in [1.54, 1.807) is 0 Å². The van der Waals surface area contributed by atoms with Crippen LogP contribution in [0.4, 0.5) is 0 Å². The molecular formula is C29H22Br10O2. The van der Waals surface area contributed by atoms with Gasteiger partial charge in [-0.3, -0.25) is 0 Å². The third-order valence-electron chi connectivity index (χ3n) is 6.33. The Hall–Kier alpha value is 1.80. The van der Waals surface area contributed by atoms with Crippen LogP contribution in [0.5, 0.6) is 11.5 Å². The Morgan fingerprint density at radius 1 is 0.537 bits per heavy atom. The van der Waals surface area contributed by atoms with Crippen LogP contribution in [-0.4, -0.2) is 32.5 Å². The van der Waals surface area contributed by atoms with Crippen LogP contribution in [0, 0.1) is 0 Å². The molecular weight excluding hydrogens is 1180 g/mol. The first-order chi connectivity index (χ1) is 19.2. The minimum atomic E-state index is -0.201. The smallest absolute Gasteiger partial charge is 0.142 e. The van der Waals surface area contributed by atoms with Gasteiger partial charge in [0.15, 0.2) is 0 Å². The SMILES string of the molecule is CC(Br)(CBr)COc1c(Br)cc(Br)c2c(Cc3ccc(Br)c4c(OCC(C)(Br)CBr)c(Br)cc(Br)c34)ccc(Br)c12. The summed E-state index contributed by atoms with van der Waals surface area (Å²) in [6.07, 6.45) is 0.696. The molecule has 0 aromatic heterocycles. The van der Waals surface area contributed by atoms with Gasteiger partial charge in [0.25, 0.3) is 0 Å². The van der Waals surface area contributed by atoms with E-state index in [0.717, 1.165) is 70.5 Å². The average Bonchev–Trinajstić information content (AvgIpc) is 2.90. The molecule has 0 aliphatic carbocycles. The lowest BCUT2D eigenvalue weighted by atomic mass is 9.94. The van der Waals surface area contributed by atoms with Gasteiger partial charge < -0.3 is 9.47 Å². The lowest BCUT2D eigenvalue weighted by Gasteiger charge is -2.23. The molecule has 0 aliphatic heterocycles. The van der Waals surface area contributed by atoms with Gasteiger partial charge in [0.05, 0.1) is 17.6 Å². The summed E-state index contributed by atoms with van der Waals surface area (Å²) in [6, 6.07) is 12.7. The van der Waals surface area contributed by atoms with Gasteiger partial charge in [-0.05, 0) is 87.5 Å². The molecule has 2 nitrogen and oxygen atoms in total. The normalized spacial score (nSPS) is 14.7. The lowest BCUT2D eigenvalue weighted by Crippen LogP contribution is -2.27. The molecule has 0 heterocycles. The maximum absolute atomic E-state index is 6.43. The summed E-state index contributed by atoms with van der Waals surface area (Å²) in [5.41, 5.74) is 2.34. The Balaban J connectivity index is 1.88. The standard InChI is InChI=1S/C29H22Br10O2/c1-28(38,10-30)12-40-26-20(36)8-18(34)22-14(3-5-16(32)24(22)26)7-15-4-6-17(33)25-23(15)19(35)9-21(37)27(25)41-13-29(2,39)11-31/h3-6,8-9H,7,10-13H2,1-2H3. The molecule has 0 radical (unpaired) electrons. The largest absolute Gasteiger partial charge is 0.490 e. The second kappa shape index (κ2) is 14.7. The van der Waals surface area contributed by atoms with Crippen LogP contribution in [-0.2, 0) is 6.42 Å². The molecule has 0 fully saturated rings. The molecule has 0 saturated heterocycles. The van der Waals surface area contributed by atoms with Crippen LogP contribution < -0.4 is 9.47 Å². The van der Waals surface area contributed by atoms with E-state index in [1.807, 2.05) is 0 Å². The van der Waals surface area contributed by atoms with Crippen LogP contribution >= 0.6 is 159 Å². The predicted octanol–water partition coefficient (Wildman–Crippen LogP) is 14.0. The van der Waals surface area contributed by atoms with Crippen molar-refractivity contribution in [1.29, 1.82) is 0 Å². The van der Waals surface area contributed by atoms with Crippen molar-refractivity contribution in [2.75, 3.05) is 23.9 Å². The summed E-state index contributed by atoms with van der Waals surface area (Å²) in [5.74, 6) is 1.60. The summed E-state index contributed by atoms with van der Waals surface area (Å²) in [5, 5.41) is 5.75. The summed E-state index contributed by atoms with van der Waals surface area (Å²) in [6.45, 7) is 5.19. The van der Waals surface area contributed by atoms with E-state index >= 15 is 0 Å². The predicted molar refractivity (Wildman–Crippen MR) is 210 cm³/mol. The number of fused-ring (bicyclic) bond motifs is 2. The fourth-order valence-corrected chi connectivity index (χ4v) is 8.91. The van der Waals surface area contributed by atoms with Gasteiger partial charge >= 0.3 is 0 Å². The highest BCUT2D eigenvalue weighted by atomic mass is 79.9. The third kappa shape index (κ3) is 8.21. The van der Waals surface area contributed by atoms with Gasteiger partial charge in [0.2, 0.25) is 0 Å². The van der Waals surface area contributed by atoms with Gasteiger partial charge in [0, 0.05) is 50.1 Å².